The number of likely N-dealkylation sites (tertiary alicyclic amines) is 1. The molecule has 0 aliphatic carbocycles. The highest BCUT2D eigenvalue weighted by molar-refractivity contribution is 6.06. The Morgan fingerprint density at radius 1 is 1.16 bits per heavy atom. The predicted molar refractivity (Wildman–Crippen MR) is 165 cm³/mol. The molecule has 5 heterocycles. The average Bonchev–Trinajstić information content (AvgIpc) is 3.72. The van der Waals surface area contributed by atoms with E-state index < -0.39 is 0 Å². The molecular weight excluding hydrogens is 562 g/mol. The summed E-state index contributed by atoms with van der Waals surface area (Å²) in [4.78, 5) is 47.8. The van der Waals surface area contributed by atoms with E-state index in [9.17, 15) is 9.59 Å². The van der Waals surface area contributed by atoms with Crippen LogP contribution < -0.4 is 20.7 Å². The third kappa shape index (κ3) is 6.06. The molecule has 1 saturated heterocycles. The number of nitrogens with zero attached hydrogens (tertiary/aromatic N) is 7. The molecule has 0 saturated carbocycles. The maximum Gasteiger partial charge on any atom is 0.317 e. The summed E-state index contributed by atoms with van der Waals surface area (Å²) in [6.45, 7) is 5.37. The number of carbonyl (C=O) groups is 2. The number of rotatable bonds is 9. The number of aromatic nitrogens is 7. The molecule has 1 atom stereocenters. The Kier molecular flexibility index (Phi) is 7.89. The lowest BCUT2D eigenvalue weighted by atomic mass is 10.1. The summed E-state index contributed by atoms with van der Waals surface area (Å²) in [7, 11) is 3.42. The van der Waals surface area contributed by atoms with Gasteiger partial charge in [-0.25, -0.2) is 15.0 Å². The monoisotopic (exact) mass is 595 g/mol. The van der Waals surface area contributed by atoms with Crippen molar-refractivity contribution < 1.29 is 14.3 Å². The molecule has 1 aliphatic rings. The Morgan fingerprint density at radius 2 is 2.02 bits per heavy atom. The molecule has 1 aromatic carbocycles. The van der Waals surface area contributed by atoms with Crippen LogP contribution in [0.15, 0.2) is 48.9 Å². The first kappa shape index (κ1) is 28.7. The van der Waals surface area contributed by atoms with Gasteiger partial charge in [-0.3, -0.25) is 19.2 Å². The van der Waals surface area contributed by atoms with Gasteiger partial charge in [0.05, 0.1) is 23.4 Å². The summed E-state index contributed by atoms with van der Waals surface area (Å²) in [6, 6.07) is 9.38. The van der Waals surface area contributed by atoms with Crippen LogP contribution in [-0.2, 0) is 11.8 Å². The molecule has 0 unspecified atom stereocenters. The second-order valence-electron chi connectivity index (χ2n) is 10.7. The van der Waals surface area contributed by atoms with Gasteiger partial charge in [-0.1, -0.05) is 12.1 Å². The molecule has 14 nitrogen and oxygen atoms in total. The molecule has 5 aromatic rings. The summed E-state index contributed by atoms with van der Waals surface area (Å²) < 4.78 is 7.69. The van der Waals surface area contributed by atoms with Gasteiger partial charge in [0.1, 0.15) is 11.8 Å². The SMILES string of the molecule is CNC(=O)c1ccnc(O[C@H]2CCN(CC(=O)Nc3cccc4c(-c5nc(Nc6cc(C)n(C)n6)ncc5C)c[nH]c34)C2)n1. The predicted octanol–water partition coefficient (Wildman–Crippen LogP) is 2.96. The highest BCUT2D eigenvalue weighted by Crippen LogP contribution is 2.33. The highest BCUT2D eigenvalue weighted by Gasteiger charge is 2.27. The molecule has 0 spiro atoms. The van der Waals surface area contributed by atoms with Gasteiger partial charge in [0.25, 0.3) is 5.91 Å². The fourth-order valence-electron chi connectivity index (χ4n) is 5.20. The van der Waals surface area contributed by atoms with Crippen LogP contribution in [0.1, 0.15) is 28.2 Å². The number of ether oxygens (including phenoxy) is 1. The maximum absolute atomic E-state index is 13.1. The number of H-pyrrole nitrogens is 1. The van der Waals surface area contributed by atoms with E-state index in [2.05, 4.69) is 41.0 Å². The van der Waals surface area contributed by atoms with Crippen molar-refractivity contribution in [2.45, 2.75) is 26.4 Å². The number of hydrogen-bond donors (Lipinski definition) is 4. The van der Waals surface area contributed by atoms with Crippen LogP contribution in [0.5, 0.6) is 6.01 Å². The van der Waals surface area contributed by atoms with E-state index in [1.54, 1.807) is 10.9 Å². The molecule has 6 rings (SSSR count). The molecule has 4 N–H and O–H groups in total. The first-order valence-electron chi connectivity index (χ1n) is 14.2. The van der Waals surface area contributed by atoms with Crippen molar-refractivity contribution in [1.82, 2.24) is 44.9 Å². The van der Waals surface area contributed by atoms with E-state index in [1.807, 2.05) is 56.3 Å². The fourth-order valence-corrected chi connectivity index (χ4v) is 5.20. The summed E-state index contributed by atoms with van der Waals surface area (Å²) in [5.41, 5.74) is 5.33. The second-order valence-corrected chi connectivity index (χ2v) is 10.7. The van der Waals surface area contributed by atoms with Gasteiger partial charge in [0, 0.05) is 68.5 Å². The molecule has 0 radical (unpaired) electrons. The van der Waals surface area contributed by atoms with Crippen molar-refractivity contribution in [3.8, 4) is 17.3 Å². The van der Waals surface area contributed by atoms with Crippen LogP contribution in [0.25, 0.3) is 22.2 Å². The molecule has 14 heteroatoms. The number of hydrogen-bond acceptors (Lipinski definition) is 10. The van der Waals surface area contributed by atoms with Crippen LogP contribution >= 0.6 is 0 Å². The van der Waals surface area contributed by atoms with E-state index in [1.165, 1.54) is 19.3 Å². The lowest BCUT2D eigenvalue weighted by Crippen LogP contribution is -2.33. The Hall–Kier alpha value is -5.37. The Bertz CT molecular complexity index is 1830. The van der Waals surface area contributed by atoms with Crippen molar-refractivity contribution in [1.29, 1.82) is 0 Å². The molecule has 4 aromatic heterocycles. The molecule has 2 amide bonds. The minimum absolute atomic E-state index is 0.137. The normalized spacial score (nSPS) is 15.0. The number of carbonyl (C=O) groups excluding carboxylic acids is 2. The topological polar surface area (TPSA) is 168 Å². The number of amides is 2. The van der Waals surface area contributed by atoms with Crippen molar-refractivity contribution in [3.63, 3.8) is 0 Å². The number of fused-ring (bicyclic) bond motifs is 1. The number of aromatic amines is 1. The lowest BCUT2D eigenvalue weighted by molar-refractivity contribution is -0.117. The minimum atomic E-state index is -0.309. The number of aryl methyl sites for hydroxylation is 3. The van der Waals surface area contributed by atoms with Crippen LogP contribution in [0.2, 0.25) is 0 Å². The van der Waals surface area contributed by atoms with E-state index in [0.29, 0.717) is 37.0 Å². The first-order valence-corrected chi connectivity index (χ1v) is 14.2. The van der Waals surface area contributed by atoms with Gasteiger partial charge < -0.3 is 25.7 Å². The third-order valence-electron chi connectivity index (χ3n) is 7.53. The molecule has 226 valence electrons. The summed E-state index contributed by atoms with van der Waals surface area (Å²) in [5, 5.41) is 14.1. The Morgan fingerprint density at radius 3 is 2.82 bits per heavy atom. The van der Waals surface area contributed by atoms with Gasteiger partial charge in [-0.05, 0) is 38.0 Å². The molecule has 44 heavy (non-hydrogen) atoms. The summed E-state index contributed by atoms with van der Waals surface area (Å²) in [6.07, 6.45) is 5.70. The third-order valence-corrected chi connectivity index (χ3v) is 7.53. The van der Waals surface area contributed by atoms with Gasteiger partial charge in [0.2, 0.25) is 11.9 Å². The van der Waals surface area contributed by atoms with Crippen molar-refractivity contribution in [2.24, 2.45) is 7.05 Å². The standard InChI is InChI=1S/C30H33N11O3/c1-17-13-34-29(37-24-12-18(2)40(4)39-24)38-26(17)21-14-33-27-20(21)6-5-7-22(27)35-25(42)16-41-11-9-19(15-41)44-30-32-10-8-23(36-30)28(43)31-3/h5-8,10,12-14,19,33H,9,11,15-16H2,1-4H3,(H,31,43)(H,35,42)(H,34,37,38,39)/t19-/m0/s1. The fraction of sp³-hybridized carbons (Fsp3) is 0.300. The van der Waals surface area contributed by atoms with Crippen LogP contribution in [0.3, 0.4) is 0 Å². The van der Waals surface area contributed by atoms with Gasteiger partial charge in [0.15, 0.2) is 5.82 Å². The molecular formula is C30H33N11O3. The summed E-state index contributed by atoms with van der Waals surface area (Å²) >= 11 is 0. The van der Waals surface area contributed by atoms with Crippen molar-refractivity contribution in [3.05, 3.63) is 65.9 Å². The van der Waals surface area contributed by atoms with Gasteiger partial charge >= 0.3 is 6.01 Å². The smallest absolute Gasteiger partial charge is 0.317 e. The van der Waals surface area contributed by atoms with E-state index in [4.69, 9.17) is 9.72 Å². The maximum atomic E-state index is 13.1. The van der Waals surface area contributed by atoms with Crippen molar-refractivity contribution in [2.75, 3.05) is 37.3 Å². The lowest BCUT2D eigenvalue weighted by Gasteiger charge is -2.16. The van der Waals surface area contributed by atoms with Crippen LogP contribution in [0, 0.1) is 13.8 Å². The van der Waals surface area contributed by atoms with Crippen molar-refractivity contribution >= 4 is 40.2 Å². The number of anilines is 3. The highest BCUT2D eigenvalue weighted by atomic mass is 16.5. The van der Waals surface area contributed by atoms with Gasteiger partial charge in [-0.15, -0.1) is 0 Å². The molecule has 1 fully saturated rings. The first-order chi connectivity index (χ1) is 21.3. The average molecular weight is 596 g/mol. The number of benzene rings is 1. The number of para-hydroxylation sites is 1. The quantitative estimate of drug-likeness (QED) is 0.199. The number of nitrogens with one attached hydrogen (secondary N) is 4. The van der Waals surface area contributed by atoms with E-state index >= 15 is 0 Å². The zero-order chi connectivity index (χ0) is 30.8. The Balaban J connectivity index is 1.12. The Labute approximate surface area is 253 Å². The zero-order valence-corrected chi connectivity index (χ0v) is 24.9. The van der Waals surface area contributed by atoms with Crippen LogP contribution in [-0.4, -0.2) is 84.2 Å². The van der Waals surface area contributed by atoms with E-state index in [0.717, 1.165) is 33.4 Å². The summed E-state index contributed by atoms with van der Waals surface area (Å²) in [5.74, 6) is 0.669. The minimum Gasteiger partial charge on any atom is -0.459 e. The second kappa shape index (κ2) is 12.1. The van der Waals surface area contributed by atoms with Crippen LogP contribution in [0.4, 0.5) is 17.5 Å². The van der Waals surface area contributed by atoms with E-state index in [-0.39, 0.29) is 36.2 Å². The largest absolute Gasteiger partial charge is 0.459 e. The van der Waals surface area contributed by atoms with Gasteiger partial charge in [-0.2, -0.15) is 10.1 Å². The molecule has 1 aliphatic heterocycles. The zero-order valence-electron chi connectivity index (χ0n) is 24.9. The molecule has 0 bridgehead atoms.